The molecule has 1 aliphatic rings. The second kappa shape index (κ2) is 8.83. The number of benzene rings is 1. The van der Waals surface area contributed by atoms with Gasteiger partial charge in [-0.2, -0.15) is 0 Å². The van der Waals surface area contributed by atoms with Crippen LogP contribution < -0.4 is 5.32 Å². The van der Waals surface area contributed by atoms with Gasteiger partial charge in [0.15, 0.2) is 5.96 Å². The van der Waals surface area contributed by atoms with Crippen molar-refractivity contribution < 1.29 is 4.42 Å². The third kappa shape index (κ3) is 4.81. The Balaban J connectivity index is 1.41. The molecule has 3 rings (SSSR count). The normalized spacial score (nSPS) is 18.1. The van der Waals surface area contributed by atoms with Crippen molar-refractivity contribution in [1.29, 1.82) is 0 Å². The first-order valence-electron chi connectivity index (χ1n) is 8.51. The van der Waals surface area contributed by atoms with Gasteiger partial charge in [-0.1, -0.05) is 18.2 Å². The SMILES string of the molecule is CN=C(NCCc1ccco1)N1CCC(CSc2ccccc2)C1. The topological polar surface area (TPSA) is 40.8 Å². The van der Waals surface area contributed by atoms with Gasteiger partial charge in [0, 0.05) is 43.8 Å². The van der Waals surface area contributed by atoms with Gasteiger partial charge in [-0.15, -0.1) is 11.8 Å². The molecular weight excluding hydrogens is 318 g/mol. The molecule has 24 heavy (non-hydrogen) atoms. The van der Waals surface area contributed by atoms with E-state index < -0.39 is 0 Å². The van der Waals surface area contributed by atoms with E-state index in [1.807, 2.05) is 30.9 Å². The van der Waals surface area contributed by atoms with Crippen molar-refractivity contribution in [2.75, 3.05) is 32.4 Å². The number of nitrogens with one attached hydrogen (secondary N) is 1. The molecule has 0 radical (unpaired) electrons. The van der Waals surface area contributed by atoms with E-state index in [0.717, 1.165) is 43.7 Å². The molecule has 1 aromatic carbocycles. The Bertz CT molecular complexity index is 627. The molecule has 0 amide bonds. The molecule has 1 aliphatic heterocycles. The van der Waals surface area contributed by atoms with Crippen LogP contribution in [0.3, 0.4) is 0 Å². The maximum atomic E-state index is 5.37. The summed E-state index contributed by atoms with van der Waals surface area (Å²) in [6, 6.07) is 14.6. The van der Waals surface area contributed by atoms with Crippen LogP contribution in [0.15, 0.2) is 63.0 Å². The summed E-state index contributed by atoms with van der Waals surface area (Å²) in [5.74, 6) is 3.91. The number of likely N-dealkylation sites (tertiary alicyclic amines) is 1. The van der Waals surface area contributed by atoms with E-state index in [2.05, 4.69) is 45.5 Å². The largest absolute Gasteiger partial charge is 0.469 e. The van der Waals surface area contributed by atoms with Crippen LogP contribution in [0, 0.1) is 5.92 Å². The third-order valence-electron chi connectivity index (χ3n) is 4.26. The van der Waals surface area contributed by atoms with E-state index in [9.17, 15) is 0 Å². The third-order valence-corrected chi connectivity index (χ3v) is 5.50. The number of aliphatic imine (C=N–C) groups is 1. The van der Waals surface area contributed by atoms with E-state index in [-0.39, 0.29) is 0 Å². The highest BCUT2D eigenvalue weighted by atomic mass is 32.2. The monoisotopic (exact) mass is 343 g/mol. The molecule has 1 aromatic heterocycles. The van der Waals surface area contributed by atoms with Crippen LogP contribution in [-0.2, 0) is 6.42 Å². The summed E-state index contributed by atoms with van der Waals surface area (Å²) in [4.78, 5) is 8.17. The Morgan fingerprint density at radius 3 is 2.92 bits per heavy atom. The van der Waals surface area contributed by atoms with Crippen LogP contribution in [0.25, 0.3) is 0 Å². The number of hydrogen-bond donors (Lipinski definition) is 1. The lowest BCUT2D eigenvalue weighted by Crippen LogP contribution is -2.41. The molecule has 0 bridgehead atoms. The maximum absolute atomic E-state index is 5.37. The number of furan rings is 1. The first-order valence-corrected chi connectivity index (χ1v) is 9.49. The minimum atomic E-state index is 0.721. The quantitative estimate of drug-likeness (QED) is 0.495. The molecule has 5 heteroatoms. The lowest BCUT2D eigenvalue weighted by atomic mass is 10.2. The van der Waals surface area contributed by atoms with Crippen LogP contribution in [0.4, 0.5) is 0 Å². The Morgan fingerprint density at radius 2 is 2.17 bits per heavy atom. The summed E-state index contributed by atoms with van der Waals surface area (Å²) >= 11 is 1.96. The van der Waals surface area contributed by atoms with Crippen molar-refractivity contribution >= 4 is 17.7 Å². The molecule has 0 spiro atoms. The minimum Gasteiger partial charge on any atom is -0.469 e. The van der Waals surface area contributed by atoms with Crippen LogP contribution in [-0.4, -0.2) is 43.3 Å². The fraction of sp³-hybridized carbons (Fsp3) is 0.421. The fourth-order valence-electron chi connectivity index (χ4n) is 2.98. The Hall–Kier alpha value is -1.88. The van der Waals surface area contributed by atoms with Gasteiger partial charge in [-0.3, -0.25) is 4.99 Å². The highest BCUT2D eigenvalue weighted by Gasteiger charge is 2.24. The lowest BCUT2D eigenvalue weighted by molar-refractivity contribution is 0.468. The zero-order valence-electron chi connectivity index (χ0n) is 14.1. The molecule has 0 saturated carbocycles. The number of thioether (sulfide) groups is 1. The molecule has 2 heterocycles. The van der Waals surface area contributed by atoms with E-state index in [0.29, 0.717) is 0 Å². The van der Waals surface area contributed by atoms with Gasteiger partial charge in [0.2, 0.25) is 0 Å². The Labute approximate surface area is 148 Å². The fourth-order valence-corrected chi connectivity index (χ4v) is 4.03. The summed E-state index contributed by atoms with van der Waals surface area (Å²) < 4.78 is 5.37. The van der Waals surface area contributed by atoms with Crippen molar-refractivity contribution in [3.05, 3.63) is 54.5 Å². The van der Waals surface area contributed by atoms with E-state index in [1.165, 1.54) is 17.1 Å². The smallest absolute Gasteiger partial charge is 0.193 e. The highest BCUT2D eigenvalue weighted by molar-refractivity contribution is 7.99. The van der Waals surface area contributed by atoms with Crippen molar-refractivity contribution in [2.24, 2.45) is 10.9 Å². The molecule has 1 atom stereocenters. The predicted molar refractivity (Wildman–Crippen MR) is 101 cm³/mol. The van der Waals surface area contributed by atoms with Crippen molar-refractivity contribution in [3.63, 3.8) is 0 Å². The van der Waals surface area contributed by atoms with Crippen molar-refractivity contribution in [3.8, 4) is 0 Å². The second-order valence-corrected chi connectivity index (χ2v) is 7.12. The van der Waals surface area contributed by atoms with Crippen molar-refractivity contribution in [1.82, 2.24) is 10.2 Å². The van der Waals surface area contributed by atoms with Gasteiger partial charge in [0.1, 0.15) is 5.76 Å². The summed E-state index contributed by atoms with van der Waals surface area (Å²) in [5.41, 5.74) is 0. The average molecular weight is 343 g/mol. The van der Waals surface area contributed by atoms with E-state index in [4.69, 9.17) is 4.42 Å². The predicted octanol–water partition coefficient (Wildman–Crippen LogP) is 3.51. The van der Waals surface area contributed by atoms with Gasteiger partial charge in [-0.25, -0.2) is 0 Å². The highest BCUT2D eigenvalue weighted by Crippen LogP contribution is 2.25. The van der Waals surface area contributed by atoms with Crippen LogP contribution in [0.2, 0.25) is 0 Å². The second-order valence-electron chi connectivity index (χ2n) is 6.03. The standard InChI is InChI=1S/C19H25N3OS/c1-20-19(21-11-9-17-6-5-13-23-17)22-12-10-16(14-22)15-24-18-7-3-2-4-8-18/h2-8,13,16H,9-12,14-15H2,1H3,(H,20,21). The molecule has 1 fully saturated rings. The number of nitrogens with zero attached hydrogens (tertiary/aromatic N) is 2. The maximum Gasteiger partial charge on any atom is 0.193 e. The van der Waals surface area contributed by atoms with Crippen molar-refractivity contribution in [2.45, 2.75) is 17.7 Å². The molecule has 1 unspecified atom stereocenters. The summed E-state index contributed by atoms with van der Waals surface area (Å²) in [7, 11) is 1.86. The lowest BCUT2D eigenvalue weighted by Gasteiger charge is -2.21. The average Bonchev–Trinajstić information content (AvgIpc) is 3.30. The molecule has 1 N–H and O–H groups in total. The number of rotatable bonds is 6. The first-order chi connectivity index (χ1) is 11.8. The van der Waals surface area contributed by atoms with Gasteiger partial charge >= 0.3 is 0 Å². The van der Waals surface area contributed by atoms with Crippen LogP contribution in [0.1, 0.15) is 12.2 Å². The van der Waals surface area contributed by atoms with Gasteiger partial charge in [0.25, 0.3) is 0 Å². The summed E-state index contributed by atoms with van der Waals surface area (Å²) in [6.45, 7) is 3.01. The summed E-state index contributed by atoms with van der Waals surface area (Å²) in [5, 5.41) is 3.45. The molecule has 1 saturated heterocycles. The number of hydrogen-bond acceptors (Lipinski definition) is 3. The molecule has 128 valence electrons. The zero-order valence-corrected chi connectivity index (χ0v) is 15.0. The van der Waals surface area contributed by atoms with Gasteiger partial charge in [0.05, 0.1) is 6.26 Å². The zero-order chi connectivity index (χ0) is 16.6. The minimum absolute atomic E-state index is 0.721. The van der Waals surface area contributed by atoms with Gasteiger partial charge in [-0.05, 0) is 36.6 Å². The molecule has 0 aliphatic carbocycles. The van der Waals surface area contributed by atoms with E-state index in [1.54, 1.807) is 6.26 Å². The van der Waals surface area contributed by atoms with Crippen LogP contribution in [0.5, 0.6) is 0 Å². The molecular formula is C19H25N3OS. The molecule has 2 aromatic rings. The molecule has 4 nitrogen and oxygen atoms in total. The Kier molecular flexibility index (Phi) is 6.24. The summed E-state index contributed by atoms with van der Waals surface area (Å²) in [6.07, 6.45) is 3.84. The Morgan fingerprint density at radius 1 is 1.29 bits per heavy atom. The van der Waals surface area contributed by atoms with E-state index >= 15 is 0 Å². The van der Waals surface area contributed by atoms with Crippen LogP contribution >= 0.6 is 11.8 Å². The number of guanidine groups is 1. The van der Waals surface area contributed by atoms with Gasteiger partial charge < -0.3 is 14.6 Å². The first kappa shape index (κ1) is 17.0.